The highest BCUT2D eigenvalue weighted by atomic mass is 35.5. The van der Waals surface area contributed by atoms with Gasteiger partial charge in [0.1, 0.15) is 5.15 Å². The summed E-state index contributed by atoms with van der Waals surface area (Å²) >= 11 is 8.03. The van der Waals surface area contributed by atoms with Crippen LogP contribution in [0.1, 0.15) is 45.5 Å². The van der Waals surface area contributed by atoms with E-state index in [9.17, 15) is 14.4 Å². The maximum atomic E-state index is 12.9. The van der Waals surface area contributed by atoms with E-state index in [1.807, 2.05) is 6.92 Å². The number of hydrogen-bond acceptors (Lipinski definition) is 7. The molecule has 0 spiro atoms. The average molecular weight is 410 g/mol. The Bertz CT molecular complexity index is 851. The largest absolute Gasteiger partial charge is 0.293 e. The molecule has 1 N–H and O–H groups in total. The summed E-state index contributed by atoms with van der Waals surface area (Å²) in [4.78, 5) is 46.2. The second-order valence-electron chi connectivity index (χ2n) is 5.68. The molecule has 1 aliphatic carbocycles. The lowest BCUT2D eigenvalue weighted by Crippen LogP contribution is -2.23. The number of thioether (sulfide) groups is 1. The van der Waals surface area contributed by atoms with E-state index in [-0.39, 0.29) is 16.8 Å². The molecule has 0 aromatic carbocycles. The van der Waals surface area contributed by atoms with Crippen molar-refractivity contribution in [3.05, 3.63) is 39.6 Å². The lowest BCUT2D eigenvalue weighted by atomic mass is 9.91. The lowest BCUT2D eigenvalue weighted by molar-refractivity contribution is 0.0803. The first-order valence-electron chi connectivity index (χ1n) is 8.13. The van der Waals surface area contributed by atoms with E-state index in [2.05, 4.69) is 15.3 Å². The van der Waals surface area contributed by atoms with Crippen molar-refractivity contribution in [2.45, 2.75) is 26.2 Å². The molecule has 2 aromatic rings. The molecular weight excluding hydrogens is 394 g/mol. The van der Waals surface area contributed by atoms with Crippen molar-refractivity contribution in [3.63, 3.8) is 0 Å². The number of aryl methyl sites for hydroxylation is 1. The predicted octanol–water partition coefficient (Wildman–Crippen LogP) is 4.49. The number of fused-ring (bicyclic) bond motifs is 1. The summed E-state index contributed by atoms with van der Waals surface area (Å²) in [6, 6.07) is 3.12. The molecule has 26 heavy (non-hydrogen) atoms. The van der Waals surface area contributed by atoms with E-state index >= 15 is 0 Å². The molecule has 2 aromatic heterocycles. The highest BCUT2D eigenvalue weighted by molar-refractivity contribution is 8.13. The zero-order chi connectivity index (χ0) is 18.7. The number of nitrogens with zero attached hydrogens (tertiary/aromatic N) is 2. The Balaban J connectivity index is 1.83. The van der Waals surface area contributed by atoms with Crippen molar-refractivity contribution in [2.24, 2.45) is 5.92 Å². The van der Waals surface area contributed by atoms with Gasteiger partial charge in [-0.15, -0.1) is 0 Å². The van der Waals surface area contributed by atoms with Crippen LogP contribution in [0, 0.1) is 5.92 Å². The van der Waals surface area contributed by atoms with Crippen LogP contribution < -0.4 is 5.32 Å². The third-order valence-electron chi connectivity index (χ3n) is 3.96. The number of hydrogen-bond donors (Lipinski definition) is 1. The Kier molecular flexibility index (Phi) is 6.05. The molecule has 136 valence electrons. The third kappa shape index (κ3) is 4.13. The number of thiazole rings is 1. The minimum Gasteiger partial charge on any atom is -0.293 e. The summed E-state index contributed by atoms with van der Waals surface area (Å²) in [6.07, 6.45) is 3.15. The van der Waals surface area contributed by atoms with E-state index < -0.39 is 5.92 Å². The molecule has 6 nitrogen and oxygen atoms in total. The number of aromatic nitrogens is 2. The number of carbonyl (C=O) groups is 3. The van der Waals surface area contributed by atoms with Crippen LogP contribution in [0.5, 0.6) is 0 Å². The number of anilines is 1. The smallest absolute Gasteiger partial charge is 0.285 e. The van der Waals surface area contributed by atoms with Gasteiger partial charge in [-0.25, -0.2) is 9.97 Å². The fourth-order valence-electron chi connectivity index (χ4n) is 2.76. The monoisotopic (exact) mass is 409 g/mol. The molecule has 1 aliphatic rings. The third-order valence-corrected chi connectivity index (χ3v) is 5.86. The van der Waals surface area contributed by atoms with Crippen molar-refractivity contribution in [1.29, 1.82) is 0 Å². The topological polar surface area (TPSA) is 89.0 Å². The van der Waals surface area contributed by atoms with E-state index in [1.54, 1.807) is 6.07 Å². The Morgan fingerprint density at radius 3 is 2.92 bits per heavy atom. The molecule has 0 radical (unpaired) electrons. The van der Waals surface area contributed by atoms with Crippen LogP contribution in [0.4, 0.5) is 9.93 Å². The van der Waals surface area contributed by atoms with Gasteiger partial charge in [-0.2, -0.15) is 0 Å². The van der Waals surface area contributed by atoms with Crippen molar-refractivity contribution < 1.29 is 14.4 Å². The van der Waals surface area contributed by atoms with E-state index in [0.717, 1.165) is 23.1 Å². The highest BCUT2D eigenvalue weighted by Gasteiger charge is 2.34. The number of pyridine rings is 1. The number of halogens is 1. The molecule has 9 heteroatoms. The van der Waals surface area contributed by atoms with Crippen LogP contribution >= 0.6 is 34.7 Å². The number of carbonyl (C=O) groups excluding carboxylic acids is 3. The van der Waals surface area contributed by atoms with Gasteiger partial charge < -0.3 is 0 Å². The van der Waals surface area contributed by atoms with Gasteiger partial charge >= 0.3 is 0 Å². The minimum absolute atomic E-state index is 0.205. The van der Waals surface area contributed by atoms with Gasteiger partial charge in [0.05, 0.1) is 16.5 Å². The fourth-order valence-corrected chi connectivity index (χ4v) is 4.37. The molecule has 1 atom stereocenters. The zero-order valence-corrected chi connectivity index (χ0v) is 16.3. The number of rotatable bonds is 4. The van der Waals surface area contributed by atoms with Gasteiger partial charge in [-0.05, 0) is 37.1 Å². The maximum absolute atomic E-state index is 12.9. The zero-order valence-electron chi connectivity index (χ0n) is 14.0. The van der Waals surface area contributed by atoms with Crippen LogP contribution in [0.3, 0.4) is 0 Å². The van der Waals surface area contributed by atoms with Gasteiger partial charge in [0.2, 0.25) is 0 Å². The Morgan fingerprint density at radius 2 is 2.23 bits per heavy atom. The van der Waals surface area contributed by atoms with Crippen LogP contribution in [-0.4, -0.2) is 32.5 Å². The molecule has 1 amide bonds. The predicted molar refractivity (Wildman–Crippen MR) is 104 cm³/mol. The molecule has 0 saturated heterocycles. The second kappa shape index (κ2) is 8.28. The van der Waals surface area contributed by atoms with Gasteiger partial charge in [0, 0.05) is 11.8 Å². The van der Waals surface area contributed by atoms with E-state index in [1.165, 1.54) is 12.3 Å². The lowest BCUT2D eigenvalue weighted by Gasteiger charge is -2.11. The van der Waals surface area contributed by atoms with Crippen LogP contribution in [0.2, 0.25) is 5.15 Å². The molecular formula is C17H16ClN3O3S2. The van der Waals surface area contributed by atoms with Gasteiger partial charge in [0.15, 0.2) is 16.7 Å². The minimum atomic E-state index is -0.756. The first-order chi connectivity index (χ1) is 12.5. The quantitative estimate of drug-likeness (QED) is 0.346. The van der Waals surface area contributed by atoms with Gasteiger partial charge in [-0.3, -0.25) is 19.7 Å². The fraction of sp³-hybridized carbons (Fsp3) is 0.353. The van der Waals surface area contributed by atoms with Crippen molar-refractivity contribution in [2.75, 3.05) is 11.1 Å². The summed E-state index contributed by atoms with van der Waals surface area (Å²) < 4.78 is 0. The number of amides is 1. The van der Waals surface area contributed by atoms with E-state index in [4.69, 9.17) is 11.6 Å². The average Bonchev–Trinajstić information content (AvgIpc) is 2.94. The summed E-state index contributed by atoms with van der Waals surface area (Å²) in [5.74, 6) is -0.596. The Labute approximate surface area is 163 Å². The maximum Gasteiger partial charge on any atom is 0.285 e. The van der Waals surface area contributed by atoms with Crippen molar-refractivity contribution >= 4 is 56.6 Å². The molecule has 0 saturated carbocycles. The van der Waals surface area contributed by atoms with Crippen LogP contribution in [0.25, 0.3) is 0 Å². The summed E-state index contributed by atoms with van der Waals surface area (Å²) in [5, 5.41) is 3.18. The number of Topliss-reactive ketones (excluding diaryl/α,β-unsaturated/α-hetero) is 2. The molecule has 0 fully saturated rings. The SMILES string of the molecule is CCSC(=O)Nc1nc2c(s1)C(=O)C(C(=O)c1ccc(Cl)nc1)CCC2. The Hall–Kier alpha value is -1.77. The normalized spacial score (nSPS) is 16.7. The molecule has 0 bridgehead atoms. The van der Waals surface area contributed by atoms with Gasteiger partial charge in [0.25, 0.3) is 5.24 Å². The van der Waals surface area contributed by atoms with Crippen molar-refractivity contribution in [1.82, 2.24) is 9.97 Å². The first kappa shape index (κ1) is 19.0. The number of nitrogens with one attached hydrogen (secondary N) is 1. The number of ketones is 2. The molecule has 2 heterocycles. The van der Waals surface area contributed by atoms with Crippen LogP contribution in [0.15, 0.2) is 18.3 Å². The molecule has 3 rings (SSSR count). The van der Waals surface area contributed by atoms with Crippen molar-refractivity contribution in [3.8, 4) is 0 Å². The van der Waals surface area contributed by atoms with Crippen LogP contribution in [-0.2, 0) is 6.42 Å². The second-order valence-corrected chi connectivity index (χ2v) is 8.31. The highest BCUT2D eigenvalue weighted by Crippen LogP contribution is 2.33. The standard InChI is InChI=1S/C17H16ClN3O3S2/c1-2-25-17(24)21-16-20-11-5-3-4-10(14(23)15(11)26-16)13(22)9-6-7-12(18)19-8-9/h6-8,10H,2-5H2,1H3,(H,20,21,24). The summed E-state index contributed by atoms with van der Waals surface area (Å²) in [6.45, 7) is 1.88. The first-order valence-corrected chi connectivity index (χ1v) is 10.3. The molecule has 1 unspecified atom stereocenters. The van der Waals surface area contributed by atoms with E-state index in [0.29, 0.717) is 51.4 Å². The summed E-state index contributed by atoms with van der Waals surface area (Å²) in [5.41, 5.74) is 1.02. The summed E-state index contributed by atoms with van der Waals surface area (Å²) in [7, 11) is 0. The molecule has 0 aliphatic heterocycles. The Morgan fingerprint density at radius 1 is 1.42 bits per heavy atom. The van der Waals surface area contributed by atoms with Gasteiger partial charge in [-0.1, -0.05) is 41.6 Å².